The lowest BCUT2D eigenvalue weighted by Crippen LogP contribution is -2.46. The van der Waals surface area contributed by atoms with Crippen molar-refractivity contribution in [1.29, 1.82) is 0 Å². The van der Waals surface area contributed by atoms with Crippen molar-refractivity contribution in [2.75, 3.05) is 31.6 Å². The highest BCUT2D eigenvalue weighted by molar-refractivity contribution is 7.89. The van der Waals surface area contributed by atoms with E-state index >= 15 is 0 Å². The van der Waals surface area contributed by atoms with Crippen LogP contribution in [0, 0.1) is 0 Å². The predicted octanol–water partition coefficient (Wildman–Crippen LogP) is 1.84. The van der Waals surface area contributed by atoms with Crippen molar-refractivity contribution in [2.45, 2.75) is 23.8 Å². The Bertz CT molecular complexity index is 959. The van der Waals surface area contributed by atoms with E-state index in [4.69, 9.17) is 4.74 Å². The molecule has 1 amide bonds. The number of morpholine rings is 1. The maximum atomic E-state index is 13.1. The monoisotopic (exact) mass is 386 g/mol. The van der Waals surface area contributed by atoms with Crippen LogP contribution in [0.15, 0.2) is 53.4 Å². The van der Waals surface area contributed by atoms with Gasteiger partial charge < -0.3 is 9.64 Å². The van der Waals surface area contributed by atoms with Crippen LogP contribution in [0.2, 0.25) is 0 Å². The van der Waals surface area contributed by atoms with Crippen molar-refractivity contribution in [2.24, 2.45) is 0 Å². The van der Waals surface area contributed by atoms with Crippen LogP contribution in [0.3, 0.4) is 0 Å². The number of hydrogen-bond donors (Lipinski definition) is 0. The SMILES string of the molecule is CN1C(=O)Cc2cc(S(=O)(=O)N3CCOC(Cc4ccccc4)C3)ccc21. The molecule has 1 unspecified atom stereocenters. The van der Waals surface area contributed by atoms with Gasteiger partial charge in [-0.2, -0.15) is 4.31 Å². The Morgan fingerprint density at radius 1 is 1.15 bits per heavy atom. The van der Waals surface area contributed by atoms with Gasteiger partial charge in [0.15, 0.2) is 0 Å². The zero-order valence-corrected chi connectivity index (χ0v) is 16.0. The van der Waals surface area contributed by atoms with Crippen LogP contribution in [-0.4, -0.2) is 51.5 Å². The van der Waals surface area contributed by atoms with Gasteiger partial charge in [0.2, 0.25) is 15.9 Å². The summed E-state index contributed by atoms with van der Waals surface area (Å²) >= 11 is 0. The molecule has 0 aromatic heterocycles. The van der Waals surface area contributed by atoms with Crippen LogP contribution < -0.4 is 4.90 Å². The third-order valence-electron chi connectivity index (χ3n) is 5.17. The van der Waals surface area contributed by atoms with Gasteiger partial charge in [0.05, 0.1) is 24.0 Å². The summed E-state index contributed by atoms with van der Waals surface area (Å²) in [4.78, 5) is 13.7. The number of fused-ring (bicyclic) bond motifs is 1. The van der Waals surface area contributed by atoms with Crippen LogP contribution in [0.4, 0.5) is 5.69 Å². The highest BCUT2D eigenvalue weighted by Crippen LogP contribution is 2.31. The van der Waals surface area contributed by atoms with Gasteiger partial charge in [-0.05, 0) is 35.7 Å². The minimum absolute atomic E-state index is 0.0196. The van der Waals surface area contributed by atoms with Gasteiger partial charge in [-0.25, -0.2) is 8.42 Å². The summed E-state index contributed by atoms with van der Waals surface area (Å²) in [6.45, 7) is 1.04. The molecule has 2 aliphatic rings. The number of carbonyl (C=O) groups is 1. The molecule has 27 heavy (non-hydrogen) atoms. The molecule has 0 spiro atoms. The fourth-order valence-corrected chi connectivity index (χ4v) is 5.17. The molecule has 7 heteroatoms. The Labute approximate surface area is 159 Å². The van der Waals surface area contributed by atoms with Crippen molar-refractivity contribution in [1.82, 2.24) is 4.31 Å². The van der Waals surface area contributed by atoms with Crippen LogP contribution in [-0.2, 0) is 32.4 Å². The molecule has 0 N–H and O–H groups in total. The number of carbonyl (C=O) groups excluding carboxylic acids is 1. The summed E-state index contributed by atoms with van der Waals surface area (Å²) in [7, 11) is -1.91. The van der Waals surface area contributed by atoms with Crippen molar-refractivity contribution >= 4 is 21.6 Å². The summed E-state index contributed by atoms with van der Waals surface area (Å²) < 4.78 is 33.5. The van der Waals surface area contributed by atoms with E-state index < -0.39 is 10.0 Å². The van der Waals surface area contributed by atoms with Crippen molar-refractivity contribution in [3.05, 3.63) is 59.7 Å². The van der Waals surface area contributed by atoms with E-state index in [0.29, 0.717) is 26.1 Å². The molecule has 2 aromatic rings. The third-order valence-corrected chi connectivity index (χ3v) is 7.03. The Balaban J connectivity index is 1.53. The zero-order chi connectivity index (χ0) is 19.0. The molecular weight excluding hydrogens is 364 g/mol. The topological polar surface area (TPSA) is 66.9 Å². The second-order valence-electron chi connectivity index (χ2n) is 6.97. The molecular formula is C20H22N2O4S. The number of sulfonamides is 1. The molecule has 1 saturated heterocycles. The second-order valence-corrected chi connectivity index (χ2v) is 8.90. The molecule has 1 atom stereocenters. The standard InChI is InChI=1S/C20H22N2O4S/c1-21-19-8-7-18(12-16(19)13-20(21)23)27(24,25)22-9-10-26-17(14-22)11-15-5-3-2-4-6-15/h2-8,12,17H,9-11,13-14H2,1H3. The highest BCUT2D eigenvalue weighted by Gasteiger charge is 2.32. The summed E-state index contributed by atoms with van der Waals surface area (Å²) in [6.07, 6.45) is 0.753. The minimum Gasteiger partial charge on any atom is -0.375 e. The molecule has 6 nitrogen and oxygen atoms in total. The fourth-order valence-electron chi connectivity index (χ4n) is 3.67. The quantitative estimate of drug-likeness (QED) is 0.804. The average molecular weight is 386 g/mol. The third kappa shape index (κ3) is 3.50. The van der Waals surface area contributed by atoms with E-state index in [1.807, 2.05) is 30.3 Å². The van der Waals surface area contributed by atoms with Gasteiger partial charge in [0.25, 0.3) is 0 Å². The van der Waals surface area contributed by atoms with Crippen molar-refractivity contribution in [3.8, 4) is 0 Å². The number of benzene rings is 2. The molecule has 0 aliphatic carbocycles. The number of hydrogen-bond acceptors (Lipinski definition) is 4. The number of nitrogens with zero attached hydrogens (tertiary/aromatic N) is 2. The lowest BCUT2D eigenvalue weighted by molar-refractivity contribution is -0.117. The first-order chi connectivity index (χ1) is 12.9. The Kier molecular flexibility index (Phi) is 4.75. The second kappa shape index (κ2) is 7.07. The molecule has 2 aliphatic heterocycles. The van der Waals surface area contributed by atoms with Crippen LogP contribution in [0.25, 0.3) is 0 Å². The normalized spacial score (nSPS) is 20.7. The molecule has 2 heterocycles. The van der Waals surface area contributed by atoms with Crippen LogP contribution in [0.1, 0.15) is 11.1 Å². The van der Waals surface area contributed by atoms with E-state index in [2.05, 4.69) is 0 Å². The number of anilines is 1. The minimum atomic E-state index is -3.62. The maximum absolute atomic E-state index is 13.1. The molecule has 4 rings (SSSR count). The summed E-state index contributed by atoms with van der Waals surface area (Å²) in [6, 6.07) is 14.9. The van der Waals surface area contributed by atoms with Gasteiger partial charge in [-0.1, -0.05) is 30.3 Å². The number of likely N-dealkylation sites (N-methyl/N-ethyl adjacent to an activating group) is 1. The number of rotatable bonds is 4. The maximum Gasteiger partial charge on any atom is 0.243 e. The molecule has 1 fully saturated rings. The van der Waals surface area contributed by atoms with E-state index in [9.17, 15) is 13.2 Å². The Hall–Kier alpha value is -2.22. The highest BCUT2D eigenvalue weighted by atomic mass is 32.2. The van der Waals surface area contributed by atoms with Gasteiger partial charge in [-0.3, -0.25) is 4.79 Å². The average Bonchev–Trinajstić information content (AvgIpc) is 2.96. The van der Waals surface area contributed by atoms with E-state index in [1.165, 1.54) is 4.31 Å². The predicted molar refractivity (Wildman–Crippen MR) is 102 cm³/mol. The molecule has 0 bridgehead atoms. The molecule has 0 radical (unpaired) electrons. The van der Waals surface area contributed by atoms with Crippen molar-refractivity contribution < 1.29 is 17.9 Å². The Morgan fingerprint density at radius 3 is 2.70 bits per heavy atom. The van der Waals surface area contributed by atoms with E-state index in [1.54, 1.807) is 30.1 Å². The lowest BCUT2D eigenvalue weighted by atomic mass is 10.1. The fraction of sp³-hybridized carbons (Fsp3) is 0.350. The first kappa shape index (κ1) is 18.2. The van der Waals surface area contributed by atoms with Crippen LogP contribution >= 0.6 is 0 Å². The lowest BCUT2D eigenvalue weighted by Gasteiger charge is -2.32. The summed E-state index contributed by atoms with van der Waals surface area (Å²) in [5.41, 5.74) is 2.67. The number of amides is 1. The van der Waals surface area contributed by atoms with E-state index in [0.717, 1.165) is 16.8 Å². The largest absolute Gasteiger partial charge is 0.375 e. The van der Waals surface area contributed by atoms with Crippen molar-refractivity contribution in [3.63, 3.8) is 0 Å². The van der Waals surface area contributed by atoms with Gasteiger partial charge in [-0.15, -0.1) is 0 Å². The summed E-state index contributed by atoms with van der Waals surface area (Å²) in [5.74, 6) is -0.0196. The molecule has 2 aromatic carbocycles. The van der Waals surface area contributed by atoms with Gasteiger partial charge in [0.1, 0.15) is 0 Å². The molecule has 0 saturated carbocycles. The van der Waals surface area contributed by atoms with Crippen LogP contribution in [0.5, 0.6) is 0 Å². The van der Waals surface area contributed by atoms with E-state index in [-0.39, 0.29) is 23.3 Å². The zero-order valence-electron chi connectivity index (χ0n) is 15.2. The van der Waals surface area contributed by atoms with Gasteiger partial charge >= 0.3 is 0 Å². The van der Waals surface area contributed by atoms with Gasteiger partial charge in [0, 0.05) is 25.8 Å². The molecule has 142 valence electrons. The summed E-state index contributed by atoms with van der Waals surface area (Å²) in [5, 5.41) is 0. The number of ether oxygens (including phenoxy) is 1. The first-order valence-corrected chi connectivity index (χ1v) is 10.4. The smallest absolute Gasteiger partial charge is 0.243 e. The Morgan fingerprint density at radius 2 is 1.93 bits per heavy atom. The first-order valence-electron chi connectivity index (χ1n) is 9.00.